The molecule has 0 unspecified atom stereocenters. The number of hydrogen-bond acceptors (Lipinski definition) is 0. The first-order chi connectivity index (χ1) is 3.83. The fourth-order valence-corrected chi connectivity index (χ4v) is 0. The second-order valence-corrected chi connectivity index (χ2v) is 1.71. The fourth-order valence-electron chi connectivity index (χ4n) is 0. The predicted octanol–water partition coefficient (Wildman–Crippen LogP) is 4.14. The van der Waals surface area contributed by atoms with Gasteiger partial charge in [-0.1, -0.05) is 26.7 Å². The van der Waals surface area contributed by atoms with Crippen LogP contribution in [0.2, 0.25) is 0 Å². The minimum absolute atomic E-state index is 0. The van der Waals surface area contributed by atoms with Gasteiger partial charge in [0, 0.05) is 0 Å². The van der Waals surface area contributed by atoms with Crippen molar-refractivity contribution in [3.63, 3.8) is 0 Å². The molecule has 0 N–H and O–H groups in total. The number of rotatable bonds is 2. The van der Waals surface area contributed by atoms with Crippen molar-refractivity contribution in [1.29, 1.82) is 0 Å². The first kappa shape index (κ1) is 29.7. The van der Waals surface area contributed by atoms with Gasteiger partial charge in [0.25, 0.3) is 0 Å². The molecule has 1 heteroatoms. The Morgan fingerprint density at radius 2 is 0.909 bits per heavy atom. The summed E-state index contributed by atoms with van der Waals surface area (Å²) in [5, 5.41) is 0. The standard InChI is InChI=1S/2C4H9.2CH3.Hf/c2*1-3-4-2;;;/h2*1,3-4H2,2H3;2*1H3;/q4*-1;+4. The van der Waals surface area contributed by atoms with E-state index < -0.39 is 0 Å². The second kappa shape index (κ2) is 44.6. The Labute approximate surface area is 93.9 Å². The Balaban J connectivity index is -0.0000000171. The van der Waals surface area contributed by atoms with E-state index in [1.807, 2.05) is 0 Å². The third kappa shape index (κ3) is 104. The van der Waals surface area contributed by atoms with Gasteiger partial charge in [0.05, 0.1) is 0 Å². The smallest absolute Gasteiger partial charge is 0.358 e. The SMILES string of the molecule is [CH2-]CCC.[CH2-]CCC.[CH3-].[CH3-].[Hf+4]. The predicted molar refractivity (Wildman–Crippen MR) is 53.4 cm³/mol. The van der Waals surface area contributed by atoms with E-state index in [1.54, 1.807) is 0 Å². The van der Waals surface area contributed by atoms with Crippen molar-refractivity contribution >= 4 is 0 Å². The number of unbranched alkanes of at least 4 members (excludes halogenated alkanes) is 2. The van der Waals surface area contributed by atoms with E-state index >= 15 is 0 Å². The third-order valence-electron chi connectivity index (χ3n) is 0.707. The maximum Gasteiger partial charge on any atom is 4.00 e. The van der Waals surface area contributed by atoms with Crippen LogP contribution < -0.4 is 0 Å². The largest absolute Gasteiger partial charge is 4.00 e. The van der Waals surface area contributed by atoms with E-state index in [1.165, 1.54) is 12.8 Å². The molecule has 0 aliphatic rings. The monoisotopic (exact) mass is 324 g/mol. The van der Waals surface area contributed by atoms with Gasteiger partial charge in [-0.15, -0.1) is 0 Å². The molecule has 0 fully saturated rings. The fraction of sp³-hybridized carbons (Fsp3) is 0.600. The van der Waals surface area contributed by atoms with Crippen LogP contribution in [-0.4, -0.2) is 0 Å². The van der Waals surface area contributed by atoms with Gasteiger partial charge in [-0.2, -0.15) is 12.8 Å². The second-order valence-electron chi connectivity index (χ2n) is 1.71. The summed E-state index contributed by atoms with van der Waals surface area (Å²) in [5.41, 5.74) is 0. The molecule has 68 valence electrons. The molecule has 11 heavy (non-hydrogen) atoms. The third-order valence-corrected chi connectivity index (χ3v) is 0.707. The molecule has 0 saturated heterocycles. The van der Waals surface area contributed by atoms with Crippen molar-refractivity contribution in [2.75, 3.05) is 0 Å². The van der Waals surface area contributed by atoms with Crippen LogP contribution in [-0.2, 0) is 25.8 Å². The summed E-state index contributed by atoms with van der Waals surface area (Å²) >= 11 is 0. The maximum atomic E-state index is 3.60. The molecule has 0 aromatic heterocycles. The summed E-state index contributed by atoms with van der Waals surface area (Å²) < 4.78 is 0. The summed E-state index contributed by atoms with van der Waals surface area (Å²) in [6, 6.07) is 0. The zero-order valence-electron chi connectivity index (χ0n) is 8.74. The zero-order valence-corrected chi connectivity index (χ0v) is 12.3. The molecule has 0 amide bonds. The van der Waals surface area contributed by atoms with Crippen LogP contribution in [0.5, 0.6) is 0 Å². The van der Waals surface area contributed by atoms with Crippen LogP contribution in [0.15, 0.2) is 0 Å². The van der Waals surface area contributed by atoms with E-state index in [0.29, 0.717) is 0 Å². The van der Waals surface area contributed by atoms with Crippen molar-refractivity contribution in [3.05, 3.63) is 28.7 Å². The molecule has 0 atom stereocenters. The summed E-state index contributed by atoms with van der Waals surface area (Å²) in [5.74, 6) is 0. The van der Waals surface area contributed by atoms with E-state index in [2.05, 4.69) is 27.7 Å². The summed E-state index contributed by atoms with van der Waals surface area (Å²) in [7, 11) is 0. The molecule has 0 radical (unpaired) electrons. The molecule has 0 heterocycles. The van der Waals surface area contributed by atoms with Crippen molar-refractivity contribution in [2.24, 2.45) is 0 Å². The van der Waals surface area contributed by atoms with Crippen molar-refractivity contribution in [3.8, 4) is 0 Å². The quantitative estimate of drug-likeness (QED) is 0.529. The normalized spacial score (nSPS) is 5.45. The van der Waals surface area contributed by atoms with Gasteiger partial charge < -0.3 is 28.7 Å². The Morgan fingerprint density at radius 1 is 0.818 bits per heavy atom. The first-order valence-electron chi connectivity index (χ1n) is 3.41. The minimum Gasteiger partial charge on any atom is -0.358 e. The van der Waals surface area contributed by atoms with Gasteiger partial charge in [0.15, 0.2) is 0 Å². The van der Waals surface area contributed by atoms with E-state index in [-0.39, 0.29) is 40.7 Å². The molecule has 0 rings (SSSR count). The Morgan fingerprint density at radius 3 is 0.909 bits per heavy atom. The molecular formula is C10H24Hf. The molecule has 0 aromatic rings. The van der Waals surface area contributed by atoms with Gasteiger partial charge in [0.2, 0.25) is 0 Å². The molecule has 0 saturated carbocycles. The summed E-state index contributed by atoms with van der Waals surface area (Å²) in [6.07, 6.45) is 4.56. The van der Waals surface area contributed by atoms with Crippen molar-refractivity contribution < 1.29 is 25.8 Å². The van der Waals surface area contributed by atoms with Gasteiger partial charge in [0.1, 0.15) is 0 Å². The van der Waals surface area contributed by atoms with Crippen LogP contribution in [0.3, 0.4) is 0 Å². The maximum absolute atomic E-state index is 3.60. The average Bonchev–Trinajstić information content (AvgIpc) is 1.88. The average molecular weight is 323 g/mol. The zero-order chi connectivity index (χ0) is 6.83. The molecule has 0 nitrogen and oxygen atoms in total. The van der Waals surface area contributed by atoms with E-state index in [0.717, 1.165) is 12.8 Å². The number of hydrogen-bond donors (Lipinski definition) is 0. The van der Waals surface area contributed by atoms with E-state index in [4.69, 9.17) is 0 Å². The molecule has 0 aliphatic carbocycles. The molecule has 0 bridgehead atoms. The summed E-state index contributed by atoms with van der Waals surface area (Å²) in [4.78, 5) is 0. The molecule has 0 aromatic carbocycles. The van der Waals surface area contributed by atoms with E-state index in [9.17, 15) is 0 Å². The molecule has 0 aliphatic heterocycles. The molecular weight excluding hydrogens is 299 g/mol. The van der Waals surface area contributed by atoms with Crippen LogP contribution in [0.25, 0.3) is 0 Å². The van der Waals surface area contributed by atoms with Gasteiger partial charge in [-0.25, -0.2) is 0 Å². The van der Waals surface area contributed by atoms with Crippen molar-refractivity contribution in [1.82, 2.24) is 0 Å². The van der Waals surface area contributed by atoms with Gasteiger partial charge >= 0.3 is 25.8 Å². The van der Waals surface area contributed by atoms with Gasteiger partial charge in [-0.05, 0) is 0 Å². The Bertz CT molecular complexity index is 12.8. The Kier molecular flexibility index (Phi) is 121. The first-order valence-corrected chi connectivity index (χ1v) is 3.41. The molecule has 0 spiro atoms. The van der Waals surface area contributed by atoms with Crippen LogP contribution >= 0.6 is 0 Å². The van der Waals surface area contributed by atoms with Crippen LogP contribution in [0, 0.1) is 28.7 Å². The van der Waals surface area contributed by atoms with Crippen LogP contribution in [0.4, 0.5) is 0 Å². The minimum atomic E-state index is 0. The summed E-state index contributed by atoms with van der Waals surface area (Å²) in [6.45, 7) is 11.4. The van der Waals surface area contributed by atoms with Crippen molar-refractivity contribution in [2.45, 2.75) is 39.5 Å². The topological polar surface area (TPSA) is 0 Å². The van der Waals surface area contributed by atoms with Crippen LogP contribution in [0.1, 0.15) is 39.5 Å². The van der Waals surface area contributed by atoms with Gasteiger partial charge in [-0.3, -0.25) is 0 Å². The Hall–Kier alpha value is 0.870.